The summed E-state index contributed by atoms with van der Waals surface area (Å²) in [4.78, 5) is 31.9. The average Bonchev–Trinajstić information content (AvgIpc) is 3.10. The zero-order valence-electron chi connectivity index (χ0n) is 13.6. The number of nitrogens with two attached hydrogens (primary N) is 1. The van der Waals surface area contributed by atoms with Crippen LogP contribution < -0.4 is 16.2 Å². The van der Waals surface area contributed by atoms with Crippen molar-refractivity contribution in [1.82, 2.24) is 9.55 Å². The van der Waals surface area contributed by atoms with Gasteiger partial charge in [0, 0.05) is 30.9 Å². The lowest BCUT2D eigenvalue weighted by atomic mass is 9.99. The fourth-order valence-corrected chi connectivity index (χ4v) is 4.04. The Morgan fingerprint density at radius 2 is 2.20 bits per heavy atom. The maximum absolute atomic E-state index is 12.7. The Morgan fingerprint density at radius 1 is 1.32 bits per heavy atom. The van der Waals surface area contributed by atoms with E-state index in [0.717, 1.165) is 34.6 Å². The number of nitrogen functional groups attached to an aromatic ring is 1. The van der Waals surface area contributed by atoms with Crippen LogP contribution in [0.3, 0.4) is 0 Å². The first-order valence-electron chi connectivity index (χ1n) is 8.25. The second kappa shape index (κ2) is 6.33. The summed E-state index contributed by atoms with van der Waals surface area (Å²) in [6, 6.07) is 7.46. The Labute approximate surface area is 148 Å². The molecule has 2 N–H and O–H groups in total. The molecule has 4 rings (SSSR count). The molecule has 0 saturated heterocycles. The first-order valence-corrected chi connectivity index (χ1v) is 9.13. The van der Waals surface area contributed by atoms with Crippen LogP contribution in [0.4, 0.5) is 11.4 Å². The Morgan fingerprint density at radius 3 is 3.08 bits per heavy atom. The lowest BCUT2D eigenvalue weighted by molar-refractivity contribution is -0.118. The summed E-state index contributed by atoms with van der Waals surface area (Å²) in [6.07, 6.45) is 3.57. The van der Waals surface area contributed by atoms with E-state index in [0.29, 0.717) is 18.5 Å². The molecule has 3 aromatic rings. The molecule has 0 aliphatic carbocycles. The van der Waals surface area contributed by atoms with Gasteiger partial charge in [0.15, 0.2) is 0 Å². The number of thiophene rings is 1. The van der Waals surface area contributed by atoms with E-state index >= 15 is 0 Å². The Kier molecular flexibility index (Phi) is 4.01. The van der Waals surface area contributed by atoms with E-state index in [1.54, 1.807) is 11.0 Å². The molecule has 0 atom stereocenters. The van der Waals surface area contributed by atoms with E-state index in [1.807, 2.05) is 23.6 Å². The molecular weight excluding hydrogens is 336 g/mol. The van der Waals surface area contributed by atoms with Crippen LogP contribution in [0, 0.1) is 0 Å². The van der Waals surface area contributed by atoms with Crippen LogP contribution in [0.1, 0.15) is 18.4 Å². The summed E-state index contributed by atoms with van der Waals surface area (Å²) in [5, 5.41) is 2.46. The minimum atomic E-state index is -0.0951. The van der Waals surface area contributed by atoms with Crippen molar-refractivity contribution in [3.8, 4) is 0 Å². The topological polar surface area (TPSA) is 81.2 Å². The molecule has 1 aliphatic heterocycles. The van der Waals surface area contributed by atoms with Crippen LogP contribution in [0.2, 0.25) is 0 Å². The second-order valence-electron chi connectivity index (χ2n) is 6.13. The molecule has 0 unspecified atom stereocenters. The molecule has 1 aliphatic rings. The minimum Gasteiger partial charge on any atom is -0.398 e. The standard InChI is InChI=1S/C18H18N4O2S/c19-14-4-1-5-15-12(14)3-2-8-22(15)16(23)6-9-21-11-20-17-13(18(21)24)7-10-25-17/h1,4-5,7,10-11H,2-3,6,8-9,19H2. The lowest BCUT2D eigenvalue weighted by Gasteiger charge is -2.30. The van der Waals surface area contributed by atoms with Gasteiger partial charge in [-0.3, -0.25) is 14.2 Å². The quantitative estimate of drug-likeness (QED) is 0.733. The predicted octanol–water partition coefficient (Wildman–Crippen LogP) is 2.41. The summed E-state index contributed by atoms with van der Waals surface area (Å²) in [5.74, 6) is 0.00358. The highest BCUT2D eigenvalue weighted by Gasteiger charge is 2.23. The number of aryl methyl sites for hydroxylation is 1. The zero-order chi connectivity index (χ0) is 17.4. The number of amides is 1. The second-order valence-corrected chi connectivity index (χ2v) is 7.02. The van der Waals surface area contributed by atoms with Crippen molar-refractivity contribution in [2.45, 2.75) is 25.8 Å². The minimum absolute atomic E-state index is 0.00358. The van der Waals surface area contributed by atoms with E-state index < -0.39 is 0 Å². The van der Waals surface area contributed by atoms with Gasteiger partial charge >= 0.3 is 0 Å². The molecule has 128 valence electrons. The van der Waals surface area contributed by atoms with Gasteiger partial charge in [-0.1, -0.05) is 6.07 Å². The third kappa shape index (κ3) is 2.80. The molecule has 0 bridgehead atoms. The van der Waals surface area contributed by atoms with Crippen LogP contribution in [0.15, 0.2) is 40.8 Å². The summed E-state index contributed by atoms with van der Waals surface area (Å²) in [7, 11) is 0. The third-order valence-electron chi connectivity index (χ3n) is 4.60. The van der Waals surface area contributed by atoms with Crippen molar-refractivity contribution >= 4 is 38.8 Å². The summed E-state index contributed by atoms with van der Waals surface area (Å²) < 4.78 is 1.51. The third-order valence-corrected chi connectivity index (χ3v) is 5.43. The van der Waals surface area contributed by atoms with Crippen molar-refractivity contribution in [1.29, 1.82) is 0 Å². The molecule has 25 heavy (non-hydrogen) atoms. The van der Waals surface area contributed by atoms with Gasteiger partial charge in [-0.2, -0.15) is 0 Å². The Hall–Kier alpha value is -2.67. The summed E-state index contributed by atoms with van der Waals surface area (Å²) in [6.45, 7) is 1.01. The molecule has 1 amide bonds. The fraction of sp³-hybridized carbons (Fsp3) is 0.278. The predicted molar refractivity (Wildman–Crippen MR) is 100 cm³/mol. The molecule has 0 fully saturated rings. The maximum Gasteiger partial charge on any atom is 0.262 e. The molecule has 0 saturated carbocycles. The first-order chi connectivity index (χ1) is 12.1. The van der Waals surface area contributed by atoms with Gasteiger partial charge in [-0.15, -0.1) is 11.3 Å². The Bertz CT molecular complexity index is 1010. The number of hydrogen-bond acceptors (Lipinski definition) is 5. The van der Waals surface area contributed by atoms with Gasteiger partial charge in [0.2, 0.25) is 5.91 Å². The summed E-state index contributed by atoms with van der Waals surface area (Å²) in [5.41, 5.74) is 8.62. The smallest absolute Gasteiger partial charge is 0.262 e. The monoisotopic (exact) mass is 354 g/mol. The number of carbonyl (C=O) groups is 1. The van der Waals surface area contributed by atoms with Crippen molar-refractivity contribution in [2.75, 3.05) is 17.2 Å². The SMILES string of the molecule is Nc1cccc2c1CCCN2C(=O)CCn1cnc2sccc2c1=O. The van der Waals surface area contributed by atoms with Crippen molar-refractivity contribution in [3.05, 3.63) is 51.9 Å². The van der Waals surface area contributed by atoms with E-state index in [4.69, 9.17) is 5.73 Å². The van der Waals surface area contributed by atoms with E-state index in [2.05, 4.69) is 4.98 Å². The van der Waals surface area contributed by atoms with Gasteiger partial charge in [0.05, 0.1) is 11.7 Å². The van der Waals surface area contributed by atoms with Crippen LogP contribution in [-0.2, 0) is 17.8 Å². The first kappa shape index (κ1) is 15.8. The van der Waals surface area contributed by atoms with Crippen molar-refractivity contribution in [3.63, 3.8) is 0 Å². The summed E-state index contributed by atoms with van der Waals surface area (Å²) >= 11 is 1.44. The number of aromatic nitrogens is 2. The molecule has 3 heterocycles. The zero-order valence-corrected chi connectivity index (χ0v) is 14.5. The molecule has 7 heteroatoms. The number of benzene rings is 1. The van der Waals surface area contributed by atoms with Gasteiger partial charge in [-0.25, -0.2) is 4.98 Å². The number of anilines is 2. The van der Waals surface area contributed by atoms with Crippen LogP contribution in [0.5, 0.6) is 0 Å². The van der Waals surface area contributed by atoms with Crippen LogP contribution >= 0.6 is 11.3 Å². The van der Waals surface area contributed by atoms with Crippen molar-refractivity contribution in [2.24, 2.45) is 0 Å². The highest BCUT2D eigenvalue weighted by atomic mass is 32.1. The van der Waals surface area contributed by atoms with Gasteiger partial charge in [-0.05, 0) is 42.0 Å². The van der Waals surface area contributed by atoms with E-state index in [1.165, 1.54) is 22.2 Å². The number of rotatable bonds is 3. The number of hydrogen-bond donors (Lipinski definition) is 1. The number of fused-ring (bicyclic) bond motifs is 2. The molecule has 2 aromatic heterocycles. The van der Waals surface area contributed by atoms with E-state index in [9.17, 15) is 9.59 Å². The van der Waals surface area contributed by atoms with Gasteiger partial charge < -0.3 is 10.6 Å². The van der Waals surface area contributed by atoms with Gasteiger partial charge in [0.1, 0.15) is 4.83 Å². The van der Waals surface area contributed by atoms with Gasteiger partial charge in [0.25, 0.3) is 5.56 Å². The lowest BCUT2D eigenvalue weighted by Crippen LogP contribution is -2.36. The number of carbonyl (C=O) groups excluding carboxylic acids is 1. The van der Waals surface area contributed by atoms with Crippen LogP contribution in [0.25, 0.3) is 10.2 Å². The molecule has 1 aromatic carbocycles. The average molecular weight is 354 g/mol. The van der Waals surface area contributed by atoms with Crippen LogP contribution in [-0.4, -0.2) is 22.0 Å². The Balaban J connectivity index is 1.54. The maximum atomic E-state index is 12.7. The largest absolute Gasteiger partial charge is 0.398 e. The normalized spacial score (nSPS) is 13.8. The highest BCUT2D eigenvalue weighted by molar-refractivity contribution is 7.16. The molecule has 0 spiro atoms. The highest BCUT2D eigenvalue weighted by Crippen LogP contribution is 2.31. The number of nitrogens with zero attached hydrogens (tertiary/aromatic N) is 3. The molecule has 0 radical (unpaired) electrons. The molecule has 6 nitrogen and oxygen atoms in total. The van der Waals surface area contributed by atoms with E-state index in [-0.39, 0.29) is 17.9 Å². The van der Waals surface area contributed by atoms with Crippen molar-refractivity contribution < 1.29 is 4.79 Å². The molecular formula is C18H18N4O2S. The fourth-order valence-electron chi connectivity index (χ4n) is 3.31.